The van der Waals surface area contributed by atoms with E-state index in [1.165, 1.54) is 16.7 Å². The number of nitrogens with one attached hydrogen (secondary N) is 1. The van der Waals surface area contributed by atoms with E-state index in [2.05, 4.69) is 48.2 Å². The zero-order chi connectivity index (χ0) is 18.0. The predicted octanol–water partition coefficient (Wildman–Crippen LogP) is 4.32. The van der Waals surface area contributed by atoms with Crippen molar-refractivity contribution >= 4 is 11.5 Å². The van der Waals surface area contributed by atoms with Crippen LogP contribution >= 0.6 is 0 Å². The van der Waals surface area contributed by atoms with Crippen molar-refractivity contribution in [3.63, 3.8) is 0 Å². The fourth-order valence-corrected chi connectivity index (χ4v) is 3.29. The molecule has 2 aromatic rings. The molecule has 0 bridgehead atoms. The molecule has 5 heteroatoms. The van der Waals surface area contributed by atoms with E-state index in [1.54, 1.807) is 0 Å². The van der Waals surface area contributed by atoms with Crippen LogP contribution in [0.3, 0.4) is 0 Å². The lowest BCUT2D eigenvalue weighted by atomic mass is 10.0. The molecule has 0 aliphatic carbocycles. The fourth-order valence-electron chi connectivity index (χ4n) is 3.29. The van der Waals surface area contributed by atoms with Gasteiger partial charge in [-0.05, 0) is 45.7 Å². The van der Waals surface area contributed by atoms with E-state index < -0.39 is 0 Å². The minimum atomic E-state index is 0.164. The van der Waals surface area contributed by atoms with E-state index in [9.17, 15) is 0 Å². The number of hydrogen-bond donors (Lipinski definition) is 1. The summed E-state index contributed by atoms with van der Waals surface area (Å²) >= 11 is 0. The number of aryl methyl sites for hydroxylation is 4. The number of hydrogen-bond acceptors (Lipinski definition) is 5. The third kappa shape index (κ3) is 4.10. The van der Waals surface area contributed by atoms with E-state index in [0.29, 0.717) is 11.7 Å². The lowest BCUT2D eigenvalue weighted by Gasteiger charge is -2.24. The lowest BCUT2D eigenvalue weighted by Crippen LogP contribution is -2.26. The molecular weight excluding hydrogens is 314 g/mol. The zero-order valence-corrected chi connectivity index (χ0v) is 15.8. The summed E-state index contributed by atoms with van der Waals surface area (Å²) in [6.45, 7) is 11.8. The molecule has 134 valence electrons. The van der Waals surface area contributed by atoms with Gasteiger partial charge in [0.1, 0.15) is 17.7 Å². The van der Waals surface area contributed by atoms with Crippen LogP contribution in [0.5, 0.6) is 5.88 Å². The normalized spacial score (nSPS) is 15.2. The molecule has 1 aromatic heterocycles. The molecule has 1 aromatic carbocycles. The Morgan fingerprint density at radius 2 is 1.64 bits per heavy atom. The molecule has 0 radical (unpaired) electrons. The number of aromatic nitrogens is 2. The standard InChI is InChI=1S/C20H27N3O2/c1-12-10-13(2)18(14(3)11-12)23-19-15(4)20(22-16(5)21-19)25-17-6-8-24-9-7-17/h10-11,17H,6-9H2,1-5H3,(H,21,22,23). The highest BCUT2D eigenvalue weighted by Gasteiger charge is 2.19. The van der Waals surface area contributed by atoms with Gasteiger partial charge in [-0.15, -0.1) is 0 Å². The molecule has 1 N–H and O–H groups in total. The Kier molecular flexibility index (Phi) is 5.23. The van der Waals surface area contributed by atoms with Gasteiger partial charge in [0.05, 0.1) is 18.8 Å². The van der Waals surface area contributed by atoms with E-state index in [4.69, 9.17) is 9.47 Å². The molecule has 0 amide bonds. The topological polar surface area (TPSA) is 56.3 Å². The van der Waals surface area contributed by atoms with E-state index >= 15 is 0 Å². The van der Waals surface area contributed by atoms with Crippen LogP contribution in [0.1, 0.15) is 40.9 Å². The lowest BCUT2D eigenvalue weighted by molar-refractivity contribution is 0.0233. The second-order valence-corrected chi connectivity index (χ2v) is 6.88. The maximum atomic E-state index is 6.15. The number of anilines is 2. The molecule has 1 aliphatic heterocycles. The van der Waals surface area contributed by atoms with Crippen molar-refractivity contribution in [1.82, 2.24) is 9.97 Å². The molecule has 0 saturated carbocycles. The van der Waals surface area contributed by atoms with Gasteiger partial charge in [-0.3, -0.25) is 0 Å². The summed E-state index contributed by atoms with van der Waals surface area (Å²) in [5.74, 6) is 2.19. The average Bonchev–Trinajstić information content (AvgIpc) is 2.55. The van der Waals surface area contributed by atoms with Crippen LogP contribution in [0, 0.1) is 34.6 Å². The van der Waals surface area contributed by atoms with Crippen molar-refractivity contribution in [3.8, 4) is 5.88 Å². The van der Waals surface area contributed by atoms with Crippen molar-refractivity contribution in [2.45, 2.75) is 53.6 Å². The first-order valence-corrected chi connectivity index (χ1v) is 8.88. The molecular formula is C20H27N3O2. The van der Waals surface area contributed by atoms with Crippen molar-refractivity contribution in [1.29, 1.82) is 0 Å². The first-order valence-electron chi connectivity index (χ1n) is 8.88. The first kappa shape index (κ1) is 17.7. The van der Waals surface area contributed by atoms with Crippen LogP contribution in [-0.4, -0.2) is 29.3 Å². The van der Waals surface area contributed by atoms with Gasteiger partial charge in [0, 0.05) is 18.5 Å². The van der Waals surface area contributed by atoms with Crippen molar-refractivity contribution < 1.29 is 9.47 Å². The molecule has 1 saturated heterocycles. The summed E-state index contributed by atoms with van der Waals surface area (Å²) in [7, 11) is 0. The summed E-state index contributed by atoms with van der Waals surface area (Å²) in [4.78, 5) is 9.11. The maximum absolute atomic E-state index is 6.15. The molecule has 5 nitrogen and oxygen atoms in total. The van der Waals surface area contributed by atoms with Gasteiger partial charge in [-0.2, -0.15) is 4.98 Å². The van der Waals surface area contributed by atoms with Gasteiger partial charge >= 0.3 is 0 Å². The number of ether oxygens (including phenoxy) is 2. The van der Waals surface area contributed by atoms with Gasteiger partial charge < -0.3 is 14.8 Å². The summed E-state index contributed by atoms with van der Waals surface area (Å²) in [5, 5.41) is 3.50. The molecule has 0 atom stereocenters. The number of nitrogens with zero attached hydrogens (tertiary/aromatic N) is 2. The van der Waals surface area contributed by atoms with Crippen LogP contribution in [0.25, 0.3) is 0 Å². The highest BCUT2D eigenvalue weighted by atomic mass is 16.5. The fraction of sp³-hybridized carbons (Fsp3) is 0.500. The minimum absolute atomic E-state index is 0.164. The summed E-state index contributed by atoms with van der Waals surface area (Å²) in [6.07, 6.45) is 1.97. The molecule has 1 fully saturated rings. The van der Waals surface area contributed by atoms with Crippen LogP contribution in [0.4, 0.5) is 11.5 Å². The van der Waals surface area contributed by atoms with Crippen molar-refractivity contribution in [2.24, 2.45) is 0 Å². The molecule has 0 unspecified atom stereocenters. The summed E-state index contributed by atoms with van der Waals surface area (Å²) in [6, 6.07) is 4.36. The van der Waals surface area contributed by atoms with Gasteiger partial charge in [0.15, 0.2) is 0 Å². The second-order valence-electron chi connectivity index (χ2n) is 6.88. The second kappa shape index (κ2) is 7.40. The van der Waals surface area contributed by atoms with E-state index in [1.807, 2.05) is 13.8 Å². The Labute approximate surface area is 149 Å². The van der Waals surface area contributed by atoms with Crippen LogP contribution in [0.2, 0.25) is 0 Å². The molecule has 2 heterocycles. The van der Waals surface area contributed by atoms with E-state index in [0.717, 1.165) is 43.1 Å². The molecule has 25 heavy (non-hydrogen) atoms. The zero-order valence-electron chi connectivity index (χ0n) is 15.8. The molecule has 1 aliphatic rings. The Morgan fingerprint density at radius 1 is 1.00 bits per heavy atom. The van der Waals surface area contributed by atoms with Gasteiger partial charge in [0.2, 0.25) is 5.88 Å². The maximum Gasteiger partial charge on any atom is 0.222 e. The third-order valence-electron chi connectivity index (χ3n) is 4.58. The van der Waals surface area contributed by atoms with Crippen LogP contribution in [0.15, 0.2) is 12.1 Å². The smallest absolute Gasteiger partial charge is 0.222 e. The first-order chi connectivity index (χ1) is 11.9. The predicted molar refractivity (Wildman–Crippen MR) is 99.9 cm³/mol. The highest BCUT2D eigenvalue weighted by Crippen LogP contribution is 2.30. The van der Waals surface area contributed by atoms with E-state index in [-0.39, 0.29) is 6.10 Å². The largest absolute Gasteiger partial charge is 0.474 e. The Hall–Kier alpha value is -2.14. The number of rotatable bonds is 4. The van der Waals surface area contributed by atoms with Gasteiger partial charge in [-0.25, -0.2) is 4.98 Å². The van der Waals surface area contributed by atoms with Gasteiger partial charge in [0.25, 0.3) is 0 Å². The van der Waals surface area contributed by atoms with Crippen LogP contribution in [-0.2, 0) is 4.74 Å². The highest BCUT2D eigenvalue weighted by molar-refractivity contribution is 5.67. The Morgan fingerprint density at radius 3 is 2.28 bits per heavy atom. The van der Waals surface area contributed by atoms with Crippen molar-refractivity contribution in [2.75, 3.05) is 18.5 Å². The Balaban J connectivity index is 1.89. The Bertz CT molecular complexity index is 745. The number of benzene rings is 1. The summed E-state index contributed by atoms with van der Waals surface area (Å²) in [5.41, 5.74) is 5.72. The molecule has 3 rings (SSSR count). The monoisotopic (exact) mass is 341 g/mol. The van der Waals surface area contributed by atoms with Gasteiger partial charge in [-0.1, -0.05) is 17.7 Å². The quantitative estimate of drug-likeness (QED) is 0.897. The third-order valence-corrected chi connectivity index (χ3v) is 4.58. The van der Waals surface area contributed by atoms with Crippen LogP contribution < -0.4 is 10.1 Å². The average molecular weight is 341 g/mol. The summed E-state index contributed by atoms with van der Waals surface area (Å²) < 4.78 is 11.6. The van der Waals surface area contributed by atoms with Crippen molar-refractivity contribution in [3.05, 3.63) is 40.2 Å². The molecule has 0 spiro atoms. The SMILES string of the molecule is Cc1cc(C)c(Nc2nc(C)nc(OC3CCOCC3)c2C)c(C)c1. The minimum Gasteiger partial charge on any atom is -0.474 e.